The molecule has 0 radical (unpaired) electrons. The molecular weight excluding hydrogens is 283 g/mol. The van der Waals surface area contributed by atoms with E-state index < -0.39 is 12.1 Å². The maximum absolute atomic E-state index is 12.6. The number of benzene rings is 1. The molecule has 1 heterocycles. The number of likely N-dealkylation sites (tertiary alicyclic amines) is 1. The molecule has 1 fully saturated rings. The van der Waals surface area contributed by atoms with Crippen LogP contribution in [0.1, 0.15) is 28.8 Å². The Kier molecular flexibility index (Phi) is 4.41. The van der Waals surface area contributed by atoms with Crippen LogP contribution in [0.4, 0.5) is 18.9 Å². The minimum Gasteiger partial charge on any atom is -0.339 e. The number of carbonyl (C=O) groups is 1. The van der Waals surface area contributed by atoms with Crippen LogP contribution in [0.25, 0.3) is 0 Å². The molecule has 0 aliphatic carbocycles. The largest absolute Gasteiger partial charge is 0.391 e. The first-order chi connectivity index (χ1) is 9.82. The van der Waals surface area contributed by atoms with Gasteiger partial charge >= 0.3 is 6.18 Å². The van der Waals surface area contributed by atoms with Crippen LogP contribution in [0.3, 0.4) is 0 Å². The van der Waals surface area contributed by atoms with Gasteiger partial charge in [0.1, 0.15) is 0 Å². The van der Waals surface area contributed by atoms with Crippen molar-refractivity contribution in [3.8, 4) is 0 Å². The molecule has 1 aliphatic heterocycles. The van der Waals surface area contributed by atoms with Crippen LogP contribution in [-0.4, -0.2) is 30.1 Å². The third-order valence-corrected chi connectivity index (χ3v) is 3.81. The Hall–Kier alpha value is -1.76. The van der Waals surface area contributed by atoms with Gasteiger partial charge in [0.2, 0.25) is 0 Å². The fourth-order valence-electron chi connectivity index (χ4n) is 2.54. The van der Waals surface area contributed by atoms with E-state index in [4.69, 9.17) is 5.84 Å². The Morgan fingerprint density at radius 1 is 1.33 bits per heavy atom. The molecule has 3 N–H and O–H groups in total. The number of piperidine rings is 1. The second-order valence-corrected chi connectivity index (χ2v) is 5.30. The number of amides is 1. The van der Waals surface area contributed by atoms with Crippen LogP contribution in [0.15, 0.2) is 18.2 Å². The third kappa shape index (κ3) is 3.47. The summed E-state index contributed by atoms with van der Waals surface area (Å²) < 4.78 is 37.9. The van der Waals surface area contributed by atoms with Crippen molar-refractivity contribution in [1.29, 1.82) is 0 Å². The number of hydrogen-bond donors (Lipinski definition) is 2. The lowest BCUT2D eigenvalue weighted by molar-refractivity contribution is -0.183. The van der Waals surface area contributed by atoms with E-state index in [2.05, 4.69) is 5.43 Å². The fourth-order valence-corrected chi connectivity index (χ4v) is 2.54. The lowest BCUT2D eigenvalue weighted by Gasteiger charge is -2.33. The average molecular weight is 301 g/mol. The summed E-state index contributed by atoms with van der Waals surface area (Å²) >= 11 is 0. The molecule has 21 heavy (non-hydrogen) atoms. The van der Waals surface area contributed by atoms with E-state index in [1.165, 1.54) is 4.90 Å². The van der Waals surface area contributed by atoms with Gasteiger partial charge in [0.15, 0.2) is 0 Å². The number of nitrogen functional groups attached to an aromatic ring is 1. The van der Waals surface area contributed by atoms with Crippen molar-refractivity contribution < 1.29 is 18.0 Å². The lowest BCUT2D eigenvalue weighted by Crippen LogP contribution is -2.42. The summed E-state index contributed by atoms with van der Waals surface area (Å²) in [5.41, 5.74) is 4.21. The van der Waals surface area contributed by atoms with Crippen molar-refractivity contribution in [2.24, 2.45) is 11.8 Å². The van der Waals surface area contributed by atoms with Crippen LogP contribution < -0.4 is 11.3 Å². The van der Waals surface area contributed by atoms with E-state index in [0.717, 1.165) is 5.56 Å². The van der Waals surface area contributed by atoms with Gasteiger partial charge < -0.3 is 10.3 Å². The first-order valence-electron chi connectivity index (χ1n) is 6.76. The number of anilines is 1. The van der Waals surface area contributed by atoms with Gasteiger partial charge in [-0.2, -0.15) is 13.2 Å². The summed E-state index contributed by atoms with van der Waals surface area (Å²) in [5.74, 6) is 3.78. The highest BCUT2D eigenvalue weighted by atomic mass is 19.4. The zero-order valence-corrected chi connectivity index (χ0v) is 11.7. The highest BCUT2D eigenvalue weighted by Crippen LogP contribution is 2.34. The molecule has 1 aromatic rings. The van der Waals surface area contributed by atoms with Crippen LogP contribution >= 0.6 is 0 Å². The predicted molar refractivity (Wildman–Crippen MR) is 73.7 cm³/mol. The molecule has 1 amide bonds. The molecule has 7 heteroatoms. The van der Waals surface area contributed by atoms with Gasteiger partial charge in [-0.25, -0.2) is 0 Å². The molecule has 4 nitrogen and oxygen atoms in total. The summed E-state index contributed by atoms with van der Waals surface area (Å²) in [6.07, 6.45) is -4.28. The Labute approximate surface area is 121 Å². The highest BCUT2D eigenvalue weighted by Gasteiger charge is 2.41. The quantitative estimate of drug-likeness (QED) is 0.652. The summed E-state index contributed by atoms with van der Waals surface area (Å²) in [6, 6.07) is 5.18. The van der Waals surface area contributed by atoms with E-state index in [0.29, 0.717) is 11.3 Å². The topological polar surface area (TPSA) is 58.4 Å². The van der Waals surface area contributed by atoms with Crippen molar-refractivity contribution in [2.45, 2.75) is 25.9 Å². The van der Waals surface area contributed by atoms with Gasteiger partial charge in [-0.15, -0.1) is 0 Å². The predicted octanol–water partition coefficient (Wildman–Crippen LogP) is 2.70. The lowest BCUT2D eigenvalue weighted by atomic mass is 9.95. The van der Waals surface area contributed by atoms with Crippen molar-refractivity contribution in [1.82, 2.24) is 4.90 Å². The Morgan fingerprint density at radius 3 is 2.48 bits per heavy atom. The zero-order chi connectivity index (χ0) is 15.6. The molecule has 0 unspecified atom stereocenters. The van der Waals surface area contributed by atoms with E-state index >= 15 is 0 Å². The maximum atomic E-state index is 12.6. The van der Waals surface area contributed by atoms with E-state index in [1.54, 1.807) is 12.1 Å². The van der Waals surface area contributed by atoms with Gasteiger partial charge in [-0.1, -0.05) is 11.6 Å². The van der Waals surface area contributed by atoms with Crippen molar-refractivity contribution in [3.05, 3.63) is 29.3 Å². The number of hydrogen-bond acceptors (Lipinski definition) is 3. The van der Waals surface area contributed by atoms with Gasteiger partial charge in [-0.05, 0) is 31.9 Å². The number of nitrogens with one attached hydrogen (secondary N) is 1. The molecule has 1 aliphatic rings. The smallest absolute Gasteiger partial charge is 0.339 e. The monoisotopic (exact) mass is 301 g/mol. The standard InChI is InChI=1S/C14H18F3N3O/c1-9-2-3-12(19-18)11(8-9)13(21)20-6-4-10(5-7-20)14(15,16)17/h2-3,8,10,19H,4-7,18H2,1H3. The van der Waals surface area contributed by atoms with Crippen molar-refractivity contribution in [3.63, 3.8) is 0 Å². The molecule has 0 spiro atoms. The molecule has 1 saturated heterocycles. The van der Waals surface area contributed by atoms with E-state index in [-0.39, 0.29) is 31.8 Å². The van der Waals surface area contributed by atoms with Gasteiger partial charge in [0.05, 0.1) is 17.2 Å². The van der Waals surface area contributed by atoms with Crippen molar-refractivity contribution >= 4 is 11.6 Å². The summed E-state index contributed by atoms with van der Waals surface area (Å²) in [4.78, 5) is 13.9. The van der Waals surface area contributed by atoms with Gasteiger partial charge in [0, 0.05) is 13.1 Å². The number of carbonyl (C=O) groups excluding carboxylic acids is 1. The fraction of sp³-hybridized carbons (Fsp3) is 0.500. The second-order valence-electron chi connectivity index (χ2n) is 5.30. The first-order valence-corrected chi connectivity index (χ1v) is 6.76. The number of aryl methyl sites for hydroxylation is 1. The van der Waals surface area contributed by atoms with Crippen LogP contribution in [0, 0.1) is 12.8 Å². The average Bonchev–Trinajstić information content (AvgIpc) is 2.45. The number of halogens is 3. The van der Waals surface area contributed by atoms with Gasteiger partial charge in [0.25, 0.3) is 5.91 Å². The molecule has 0 atom stereocenters. The SMILES string of the molecule is Cc1ccc(NN)c(C(=O)N2CCC(C(F)(F)F)CC2)c1. The molecule has 1 aromatic carbocycles. The highest BCUT2D eigenvalue weighted by molar-refractivity contribution is 5.99. The summed E-state index contributed by atoms with van der Waals surface area (Å²) in [7, 11) is 0. The van der Waals surface area contributed by atoms with Crippen LogP contribution in [0.5, 0.6) is 0 Å². The first kappa shape index (κ1) is 15.6. The molecule has 0 aromatic heterocycles. The Morgan fingerprint density at radius 2 is 1.95 bits per heavy atom. The number of hydrazine groups is 1. The minimum atomic E-state index is -4.18. The minimum absolute atomic E-state index is 0.0492. The normalized spacial score (nSPS) is 16.9. The van der Waals surface area contributed by atoms with E-state index in [1.807, 2.05) is 13.0 Å². The van der Waals surface area contributed by atoms with Crippen LogP contribution in [0.2, 0.25) is 0 Å². The number of alkyl halides is 3. The Balaban J connectivity index is 2.11. The molecule has 2 rings (SSSR count). The van der Waals surface area contributed by atoms with Gasteiger partial charge in [-0.3, -0.25) is 10.6 Å². The van der Waals surface area contributed by atoms with Crippen LogP contribution in [-0.2, 0) is 0 Å². The second kappa shape index (κ2) is 5.93. The molecular formula is C14H18F3N3O. The number of nitrogens with two attached hydrogens (primary N) is 1. The summed E-state index contributed by atoms with van der Waals surface area (Å²) in [6.45, 7) is 2.06. The maximum Gasteiger partial charge on any atom is 0.391 e. The van der Waals surface area contributed by atoms with Crippen molar-refractivity contribution in [2.75, 3.05) is 18.5 Å². The Bertz CT molecular complexity index is 523. The third-order valence-electron chi connectivity index (χ3n) is 3.81. The molecule has 116 valence electrons. The number of rotatable bonds is 2. The molecule has 0 bridgehead atoms. The zero-order valence-electron chi connectivity index (χ0n) is 11.7. The number of nitrogens with zero attached hydrogens (tertiary/aromatic N) is 1. The molecule has 0 saturated carbocycles. The summed E-state index contributed by atoms with van der Waals surface area (Å²) in [5, 5.41) is 0. The van der Waals surface area contributed by atoms with E-state index in [9.17, 15) is 18.0 Å².